The van der Waals surface area contributed by atoms with Crippen LogP contribution in [0.3, 0.4) is 0 Å². The van der Waals surface area contributed by atoms with Gasteiger partial charge in [0, 0.05) is 6.54 Å². The van der Waals surface area contributed by atoms with E-state index in [9.17, 15) is 9.90 Å². The number of carbonyl (C=O) groups is 1. The lowest BCUT2D eigenvalue weighted by Crippen LogP contribution is -2.48. The molecule has 0 saturated carbocycles. The van der Waals surface area contributed by atoms with Crippen molar-refractivity contribution in [1.29, 1.82) is 0 Å². The van der Waals surface area contributed by atoms with Crippen molar-refractivity contribution in [3.63, 3.8) is 0 Å². The summed E-state index contributed by atoms with van der Waals surface area (Å²) in [5, 5.41) is 49.7. The highest BCUT2D eigenvalue weighted by atomic mass is 16.5. The Hall–Kier alpha value is -2.27. The molecule has 0 heterocycles. The van der Waals surface area contributed by atoms with E-state index in [4.69, 9.17) is 25.2 Å². The van der Waals surface area contributed by atoms with Gasteiger partial charge in [0.2, 0.25) is 0 Å². The molecule has 0 fully saturated rings. The molecule has 2 aromatic rings. The van der Waals surface area contributed by atoms with E-state index in [1.807, 2.05) is 36.4 Å². The van der Waals surface area contributed by atoms with Crippen LogP contribution in [0.15, 0.2) is 36.4 Å². The summed E-state index contributed by atoms with van der Waals surface area (Å²) in [6.07, 6.45) is -5.34. The Balaban J connectivity index is 0.000000314. The fourth-order valence-electron chi connectivity index (χ4n) is 2.64. The maximum Gasteiger partial charge on any atom is 0.309 e. The van der Waals surface area contributed by atoms with Gasteiger partial charge in [-0.25, -0.2) is 0 Å². The van der Waals surface area contributed by atoms with Gasteiger partial charge in [0.25, 0.3) is 0 Å². The first-order valence-corrected chi connectivity index (χ1v) is 9.38. The van der Waals surface area contributed by atoms with Gasteiger partial charge in [0.15, 0.2) is 0 Å². The second-order valence-corrected chi connectivity index (χ2v) is 6.66. The quantitative estimate of drug-likeness (QED) is 0.284. The molecule has 9 heteroatoms. The minimum atomic E-state index is -1.55. The predicted molar refractivity (Wildman–Crippen MR) is 111 cm³/mol. The van der Waals surface area contributed by atoms with Gasteiger partial charge in [0.05, 0.1) is 33.4 Å². The molecule has 4 atom stereocenters. The lowest BCUT2D eigenvalue weighted by atomic mass is 10.0. The zero-order valence-corrected chi connectivity index (χ0v) is 17.4. The van der Waals surface area contributed by atoms with Crippen LogP contribution in [0.2, 0.25) is 0 Å². The Morgan fingerprint density at radius 2 is 1.57 bits per heavy atom. The third kappa shape index (κ3) is 7.86. The highest BCUT2D eigenvalue weighted by molar-refractivity contribution is 5.85. The summed E-state index contributed by atoms with van der Waals surface area (Å²) in [4.78, 5) is 11.2. The molecule has 6 N–H and O–H groups in total. The van der Waals surface area contributed by atoms with Crippen molar-refractivity contribution in [1.82, 2.24) is 5.32 Å². The average molecular weight is 425 g/mol. The van der Waals surface area contributed by atoms with Gasteiger partial charge >= 0.3 is 5.97 Å². The van der Waals surface area contributed by atoms with Crippen molar-refractivity contribution in [2.45, 2.75) is 30.8 Å². The molecule has 0 aromatic heterocycles. The molecule has 9 nitrogen and oxygen atoms in total. The number of rotatable bonds is 9. The topological polar surface area (TPSA) is 149 Å². The second kappa shape index (κ2) is 13.1. The van der Waals surface area contributed by atoms with Crippen molar-refractivity contribution >= 4 is 16.7 Å². The number of methoxy groups -OCH3 is 2. The summed E-state index contributed by atoms with van der Waals surface area (Å²) >= 11 is 0. The molecule has 168 valence electrons. The molecule has 30 heavy (non-hydrogen) atoms. The van der Waals surface area contributed by atoms with E-state index in [1.165, 1.54) is 7.11 Å². The molecule has 0 unspecified atom stereocenters. The molecule has 0 aliphatic rings. The Kier molecular flexibility index (Phi) is 11.3. The number of benzene rings is 2. The molecule has 0 saturated heterocycles. The SMILES string of the molecule is CNC[C@H](O)[C@@H](O)[C@H](O)[C@H](O)CO.COC(=O)Cc1ccc2cc(OC)ccc2c1. The van der Waals surface area contributed by atoms with Crippen molar-refractivity contribution in [3.8, 4) is 5.75 Å². The van der Waals surface area contributed by atoms with Crippen molar-refractivity contribution in [2.75, 3.05) is 34.4 Å². The van der Waals surface area contributed by atoms with Crippen LogP contribution in [-0.4, -0.2) is 90.3 Å². The van der Waals surface area contributed by atoms with E-state index < -0.39 is 31.0 Å². The normalized spacial score (nSPS) is 14.8. The van der Waals surface area contributed by atoms with Gasteiger partial charge < -0.3 is 40.3 Å². The van der Waals surface area contributed by atoms with Crippen molar-refractivity contribution in [2.24, 2.45) is 0 Å². The third-order valence-electron chi connectivity index (χ3n) is 4.43. The molecule has 0 amide bonds. The van der Waals surface area contributed by atoms with Crippen LogP contribution in [-0.2, 0) is 16.0 Å². The maximum absolute atomic E-state index is 11.2. The van der Waals surface area contributed by atoms with Crippen LogP contribution in [0.4, 0.5) is 0 Å². The molecular formula is C21H31NO8. The highest BCUT2D eigenvalue weighted by Crippen LogP contribution is 2.22. The van der Waals surface area contributed by atoms with E-state index in [2.05, 4.69) is 10.1 Å². The van der Waals surface area contributed by atoms with E-state index in [-0.39, 0.29) is 12.5 Å². The predicted octanol–water partition coefficient (Wildman–Crippen LogP) is -0.794. The van der Waals surface area contributed by atoms with Gasteiger partial charge in [0.1, 0.15) is 24.1 Å². The zero-order valence-electron chi connectivity index (χ0n) is 17.4. The summed E-state index contributed by atoms with van der Waals surface area (Å²) in [6, 6.07) is 11.8. The number of fused-ring (bicyclic) bond motifs is 1. The second-order valence-electron chi connectivity index (χ2n) is 6.66. The molecule has 2 rings (SSSR count). The van der Waals surface area contributed by atoms with Crippen LogP contribution < -0.4 is 10.1 Å². The molecule has 0 radical (unpaired) electrons. The van der Waals surface area contributed by atoms with Gasteiger partial charge in [-0.15, -0.1) is 0 Å². The van der Waals surface area contributed by atoms with Crippen LogP contribution in [0.5, 0.6) is 5.75 Å². The Bertz CT molecular complexity index is 785. The Morgan fingerprint density at radius 1 is 0.967 bits per heavy atom. The van der Waals surface area contributed by atoms with E-state index in [1.54, 1.807) is 14.2 Å². The fourth-order valence-corrected chi connectivity index (χ4v) is 2.64. The van der Waals surface area contributed by atoms with Crippen molar-refractivity contribution in [3.05, 3.63) is 42.0 Å². The number of carbonyl (C=O) groups excluding carboxylic acids is 1. The smallest absolute Gasteiger partial charge is 0.309 e. The van der Waals surface area contributed by atoms with Crippen LogP contribution >= 0.6 is 0 Å². The minimum absolute atomic E-state index is 0.0936. The van der Waals surface area contributed by atoms with Gasteiger partial charge in [-0.3, -0.25) is 4.79 Å². The fraction of sp³-hybridized carbons (Fsp3) is 0.476. The molecule has 0 spiro atoms. The maximum atomic E-state index is 11.2. The van der Waals surface area contributed by atoms with Gasteiger partial charge in [-0.2, -0.15) is 0 Å². The highest BCUT2D eigenvalue weighted by Gasteiger charge is 2.29. The molecule has 0 aliphatic carbocycles. The number of nitrogens with one attached hydrogen (secondary N) is 1. The van der Waals surface area contributed by atoms with E-state index in [0.717, 1.165) is 22.1 Å². The van der Waals surface area contributed by atoms with E-state index in [0.29, 0.717) is 6.42 Å². The minimum Gasteiger partial charge on any atom is -0.497 e. The first-order chi connectivity index (χ1) is 14.3. The Labute approximate surface area is 175 Å². The largest absolute Gasteiger partial charge is 0.497 e. The Morgan fingerprint density at radius 3 is 2.13 bits per heavy atom. The van der Waals surface area contributed by atoms with Gasteiger partial charge in [-0.05, 0) is 35.5 Å². The number of hydrogen-bond donors (Lipinski definition) is 6. The summed E-state index contributed by atoms with van der Waals surface area (Å²) in [5.74, 6) is 0.607. The number of likely N-dealkylation sites (N-methyl/N-ethyl adjacent to an activating group) is 1. The number of esters is 1. The molecule has 2 aromatic carbocycles. The van der Waals surface area contributed by atoms with Crippen molar-refractivity contribution < 1.29 is 39.8 Å². The first kappa shape index (κ1) is 25.8. The lowest BCUT2D eigenvalue weighted by Gasteiger charge is -2.25. The first-order valence-electron chi connectivity index (χ1n) is 9.38. The standard InChI is InChI=1S/C14H14O3.C7H17NO5/c1-16-13-6-5-11-7-10(8-14(15)17-2)3-4-12(11)9-13;1-8-2-4(10)6(12)7(13)5(11)3-9/h3-7,9H,8H2,1-2H3;4-13H,2-3H2,1H3/t;4-,5+,6+,7+/m.0/s1. The number of hydrogen-bond acceptors (Lipinski definition) is 9. The molecule has 0 bridgehead atoms. The zero-order chi connectivity index (χ0) is 22.7. The van der Waals surface area contributed by atoms with Crippen LogP contribution in [0, 0.1) is 0 Å². The third-order valence-corrected chi connectivity index (χ3v) is 4.43. The van der Waals surface area contributed by atoms with Crippen LogP contribution in [0.25, 0.3) is 10.8 Å². The summed E-state index contributed by atoms with van der Waals surface area (Å²) < 4.78 is 9.80. The monoisotopic (exact) mass is 425 g/mol. The van der Waals surface area contributed by atoms with E-state index >= 15 is 0 Å². The lowest BCUT2D eigenvalue weighted by molar-refractivity contribution is -0.139. The summed E-state index contributed by atoms with van der Waals surface area (Å²) in [5.41, 5.74) is 0.953. The summed E-state index contributed by atoms with van der Waals surface area (Å²) in [6.45, 7) is -0.569. The number of aliphatic hydroxyl groups excluding tert-OH is 5. The average Bonchev–Trinajstić information content (AvgIpc) is 2.77. The van der Waals surface area contributed by atoms with Gasteiger partial charge in [-0.1, -0.05) is 24.3 Å². The number of ether oxygens (including phenoxy) is 2. The summed E-state index contributed by atoms with van der Waals surface area (Å²) in [7, 11) is 4.62. The molecule has 0 aliphatic heterocycles. The number of aliphatic hydroxyl groups is 5. The molecular weight excluding hydrogens is 394 g/mol. The van der Waals surface area contributed by atoms with Crippen LogP contribution in [0.1, 0.15) is 5.56 Å².